The molecular formula is C24H23Cl2NO3. The van der Waals surface area contributed by atoms with Gasteiger partial charge < -0.3 is 14.8 Å². The van der Waals surface area contributed by atoms with Gasteiger partial charge in [-0.2, -0.15) is 0 Å². The number of para-hydroxylation sites is 1. The van der Waals surface area contributed by atoms with E-state index in [1.807, 2.05) is 18.2 Å². The van der Waals surface area contributed by atoms with Crippen molar-refractivity contribution in [3.05, 3.63) is 87.4 Å². The molecule has 0 bridgehead atoms. The maximum Gasteiger partial charge on any atom is 0.255 e. The zero-order chi connectivity index (χ0) is 21.7. The van der Waals surface area contributed by atoms with Crippen molar-refractivity contribution < 1.29 is 14.3 Å². The largest absolute Gasteiger partial charge is 0.496 e. The van der Waals surface area contributed by atoms with Crippen molar-refractivity contribution >= 4 is 34.8 Å². The molecule has 30 heavy (non-hydrogen) atoms. The van der Waals surface area contributed by atoms with Crippen LogP contribution < -0.4 is 14.8 Å². The fraction of sp³-hybridized carbons (Fsp3) is 0.208. The monoisotopic (exact) mass is 443 g/mol. The van der Waals surface area contributed by atoms with E-state index < -0.39 is 0 Å². The van der Waals surface area contributed by atoms with Crippen LogP contribution in [0.2, 0.25) is 10.0 Å². The fourth-order valence-electron chi connectivity index (χ4n) is 3.11. The van der Waals surface area contributed by atoms with Gasteiger partial charge in [-0.3, -0.25) is 4.79 Å². The lowest BCUT2D eigenvalue weighted by molar-refractivity contribution is 0.102. The average Bonchev–Trinajstić information content (AvgIpc) is 2.71. The van der Waals surface area contributed by atoms with Gasteiger partial charge in [-0.15, -0.1) is 0 Å². The summed E-state index contributed by atoms with van der Waals surface area (Å²) in [6.45, 7) is 4.52. The Bertz CT molecular complexity index is 1030. The lowest BCUT2D eigenvalue weighted by Gasteiger charge is -2.16. The van der Waals surface area contributed by atoms with E-state index >= 15 is 0 Å². The summed E-state index contributed by atoms with van der Waals surface area (Å²) in [5, 5.41) is 3.71. The van der Waals surface area contributed by atoms with Crippen LogP contribution >= 0.6 is 23.2 Å². The van der Waals surface area contributed by atoms with Crippen LogP contribution in [0.5, 0.6) is 11.5 Å². The van der Waals surface area contributed by atoms with Gasteiger partial charge in [0.25, 0.3) is 5.91 Å². The van der Waals surface area contributed by atoms with Crippen LogP contribution in [0.4, 0.5) is 5.69 Å². The van der Waals surface area contributed by atoms with Crippen LogP contribution in [0.15, 0.2) is 60.7 Å². The Kier molecular flexibility index (Phi) is 7.24. The molecular weight excluding hydrogens is 421 g/mol. The maximum atomic E-state index is 12.7. The minimum atomic E-state index is -0.278. The SMILES string of the molecule is COc1ccc(C(=O)Nc2cc(Cl)cc(Cl)c2)cc1COc1ccccc1C(C)C. The van der Waals surface area contributed by atoms with E-state index in [9.17, 15) is 4.79 Å². The van der Waals surface area contributed by atoms with Gasteiger partial charge in [0, 0.05) is 26.9 Å². The van der Waals surface area contributed by atoms with Crippen molar-refractivity contribution in [2.45, 2.75) is 26.4 Å². The van der Waals surface area contributed by atoms with Gasteiger partial charge in [0.15, 0.2) is 0 Å². The van der Waals surface area contributed by atoms with Crippen molar-refractivity contribution in [1.82, 2.24) is 0 Å². The van der Waals surface area contributed by atoms with E-state index in [2.05, 4.69) is 25.2 Å². The Labute approximate surface area is 186 Å². The number of halogens is 2. The number of ether oxygens (including phenoxy) is 2. The fourth-order valence-corrected chi connectivity index (χ4v) is 3.63. The molecule has 0 saturated carbocycles. The van der Waals surface area contributed by atoms with Gasteiger partial charge in [0.1, 0.15) is 18.1 Å². The van der Waals surface area contributed by atoms with E-state index in [1.165, 1.54) is 0 Å². The van der Waals surface area contributed by atoms with E-state index in [0.29, 0.717) is 33.0 Å². The number of carbonyl (C=O) groups is 1. The highest BCUT2D eigenvalue weighted by Gasteiger charge is 2.13. The molecule has 3 aromatic carbocycles. The molecule has 0 unspecified atom stereocenters. The first-order chi connectivity index (χ1) is 14.4. The highest BCUT2D eigenvalue weighted by Crippen LogP contribution is 2.29. The number of hydrogen-bond acceptors (Lipinski definition) is 3. The van der Waals surface area contributed by atoms with Crippen LogP contribution in [-0.4, -0.2) is 13.0 Å². The van der Waals surface area contributed by atoms with Crippen LogP contribution in [0.3, 0.4) is 0 Å². The Balaban J connectivity index is 1.80. The molecule has 0 aliphatic rings. The second kappa shape index (κ2) is 9.88. The summed E-state index contributed by atoms with van der Waals surface area (Å²) < 4.78 is 11.5. The van der Waals surface area contributed by atoms with Gasteiger partial charge in [-0.1, -0.05) is 55.2 Å². The number of methoxy groups -OCH3 is 1. The van der Waals surface area contributed by atoms with E-state index in [-0.39, 0.29) is 12.5 Å². The van der Waals surface area contributed by atoms with E-state index in [4.69, 9.17) is 32.7 Å². The minimum Gasteiger partial charge on any atom is -0.496 e. The molecule has 0 aliphatic heterocycles. The molecule has 3 rings (SSSR count). The molecule has 0 atom stereocenters. The number of rotatable bonds is 7. The molecule has 4 nitrogen and oxygen atoms in total. The molecule has 3 aromatic rings. The van der Waals surface area contributed by atoms with Crippen LogP contribution in [0, 0.1) is 0 Å². The van der Waals surface area contributed by atoms with Crippen molar-refractivity contribution in [2.75, 3.05) is 12.4 Å². The quantitative estimate of drug-likeness (QED) is 0.429. The Hall–Kier alpha value is -2.69. The lowest BCUT2D eigenvalue weighted by atomic mass is 10.0. The molecule has 1 amide bonds. The molecule has 0 spiro atoms. The summed E-state index contributed by atoms with van der Waals surface area (Å²) in [4.78, 5) is 12.7. The third-order valence-corrected chi connectivity index (χ3v) is 5.02. The first kappa shape index (κ1) is 22.0. The molecule has 0 aromatic heterocycles. The first-order valence-corrected chi connectivity index (χ1v) is 10.3. The summed E-state index contributed by atoms with van der Waals surface area (Å²) in [7, 11) is 1.59. The summed E-state index contributed by atoms with van der Waals surface area (Å²) >= 11 is 12.0. The molecule has 0 fully saturated rings. The maximum absolute atomic E-state index is 12.7. The Morgan fingerprint density at radius 3 is 2.33 bits per heavy atom. The summed E-state index contributed by atoms with van der Waals surface area (Å²) in [6, 6.07) is 18.0. The molecule has 0 saturated heterocycles. The number of amides is 1. The third kappa shape index (κ3) is 5.47. The van der Waals surface area contributed by atoms with Gasteiger partial charge in [0.05, 0.1) is 7.11 Å². The summed E-state index contributed by atoms with van der Waals surface area (Å²) in [5.74, 6) is 1.53. The summed E-state index contributed by atoms with van der Waals surface area (Å²) in [6.07, 6.45) is 0. The molecule has 6 heteroatoms. The molecule has 0 aliphatic carbocycles. The minimum absolute atomic E-state index is 0.275. The van der Waals surface area contributed by atoms with E-state index in [1.54, 1.807) is 43.5 Å². The standard InChI is InChI=1S/C24H23Cl2NO3/c1-15(2)21-6-4-5-7-23(21)30-14-17-10-16(8-9-22(17)29-3)24(28)27-20-12-18(25)11-19(26)13-20/h4-13,15H,14H2,1-3H3,(H,27,28). The zero-order valence-electron chi connectivity index (χ0n) is 17.0. The van der Waals surface area contributed by atoms with Crippen molar-refractivity contribution in [3.8, 4) is 11.5 Å². The molecule has 0 radical (unpaired) electrons. The highest BCUT2D eigenvalue weighted by atomic mass is 35.5. The second-order valence-electron chi connectivity index (χ2n) is 7.12. The van der Waals surface area contributed by atoms with Gasteiger partial charge in [0.2, 0.25) is 0 Å². The molecule has 0 heterocycles. The molecule has 1 N–H and O–H groups in total. The Morgan fingerprint density at radius 1 is 0.967 bits per heavy atom. The predicted molar refractivity (Wildman–Crippen MR) is 122 cm³/mol. The number of hydrogen-bond donors (Lipinski definition) is 1. The van der Waals surface area contributed by atoms with Gasteiger partial charge in [-0.25, -0.2) is 0 Å². The highest BCUT2D eigenvalue weighted by molar-refractivity contribution is 6.35. The van der Waals surface area contributed by atoms with Crippen molar-refractivity contribution in [3.63, 3.8) is 0 Å². The first-order valence-electron chi connectivity index (χ1n) is 9.53. The average molecular weight is 444 g/mol. The van der Waals surface area contributed by atoms with Crippen LogP contribution in [-0.2, 0) is 6.61 Å². The number of benzene rings is 3. The number of nitrogens with one attached hydrogen (secondary N) is 1. The predicted octanol–water partition coefficient (Wildman–Crippen LogP) is 6.96. The summed E-state index contributed by atoms with van der Waals surface area (Å²) in [5.41, 5.74) is 2.90. The number of carbonyl (C=O) groups excluding carboxylic acids is 1. The zero-order valence-corrected chi connectivity index (χ0v) is 18.6. The molecule has 156 valence electrons. The topological polar surface area (TPSA) is 47.6 Å². The van der Waals surface area contributed by atoms with E-state index in [0.717, 1.165) is 16.9 Å². The number of anilines is 1. The van der Waals surface area contributed by atoms with Crippen LogP contribution in [0.1, 0.15) is 41.3 Å². The van der Waals surface area contributed by atoms with Crippen LogP contribution in [0.25, 0.3) is 0 Å². The van der Waals surface area contributed by atoms with Gasteiger partial charge >= 0.3 is 0 Å². The lowest BCUT2D eigenvalue weighted by Crippen LogP contribution is -2.13. The smallest absolute Gasteiger partial charge is 0.255 e. The Morgan fingerprint density at radius 2 is 1.67 bits per heavy atom. The van der Waals surface area contributed by atoms with Crippen molar-refractivity contribution in [2.24, 2.45) is 0 Å². The second-order valence-corrected chi connectivity index (χ2v) is 7.99. The van der Waals surface area contributed by atoms with Crippen molar-refractivity contribution in [1.29, 1.82) is 0 Å². The van der Waals surface area contributed by atoms with Gasteiger partial charge in [-0.05, 0) is 53.9 Å². The normalized spacial score (nSPS) is 10.7. The third-order valence-electron chi connectivity index (χ3n) is 4.59.